The molecule has 0 spiro atoms. The van der Waals surface area contributed by atoms with Crippen molar-refractivity contribution >= 4 is 11.6 Å². The molecule has 1 aromatic carbocycles. The first-order valence-corrected chi connectivity index (χ1v) is 5.25. The monoisotopic (exact) mass is 211 g/mol. The summed E-state index contributed by atoms with van der Waals surface area (Å²) in [4.78, 5) is 0. The number of ether oxygens (including phenoxy) is 1. The van der Waals surface area contributed by atoms with E-state index in [1.165, 1.54) is 17.5 Å². The molecule has 14 heavy (non-hydrogen) atoms. The Morgan fingerprint density at radius 3 is 3.07 bits per heavy atom. The van der Waals surface area contributed by atoms with Gasteiger partial charge in [-0.1, -0.05) is 17.7 Å². The van der Waals surface area contributed by atoms with Crippen LogP contribution < -0.4 is 10.1 Å². The predicted octanol–water partition coefficient (Wildman–Crippen LogP) is 2.38. The summed E-state index contributed by atoms with van der Waals surface area (Å²) in [5.74, 6) is 0.832. The molecular weight excluding hydrogens is 198 g/mol. The van der Waals surface area contributed by atoms with Crippen LogP contribution in [0.4, 0.5) is 0 Å². The Hall–Kier alpha value is -0.730. The number of halogens is 1. The van der Waals surface area contributed by atoms with Crippen LogP contribution in [0.5, 0.6) is 5.75 Å². The standard InChI is InChI=1S/C11H14ClNO/c1-14-11-9-7-13-6-2-3-8(9)4-5-10(11)12/h4-5,13H,2-3,6-7H2,1H3. The smallest absolute Gasteiger partial charge is 0.142 e. The molecule has 2 nitrogen and oxygen atoms in total. The molecule has 0 unspecified atom stereocenters. The van der Waals surface area contributed by atoms with Gasteiger partial charge in [0.1, 0.15) is 5.75 Å². The lowest BCUT2D eigenvalue weighted by molar-refractivity contribution is 0.408. The van der Waals surface area contributed by atoms with Crippen molar-refractivity contribution in [3.8, 4) is 5.75 Å². The van der Waals surface area contributed by atoms with Crippen molar-refractivity contribution in [1.82, 2.24) is 5.32 Å². The molecule has 0 atom stereocenters. The average Bonchev–Trinajstić information content (AvgIpc) is 2.42. The fourth-order valence-electron chi connectivity index (χ4n) is 1.91. The van der Waals surface area contributed by atoms with Crippen LogP contribution in [0.25, 0.3) is 0 Å². The van der Waals surface area contributed by atoms with Crippen LogP contribution in [0.3, 0.4) is 0 Å². The maximum absolute atomic E-state index is 6.06. The third-order valence-corrected chi connectivity index (χ3v) is 2.91. The SMILES string of the molecule is COc1c(Cl)ccc2c1CNCCC2. The van der Waals surface area contributed by atoms with Gasteiger partial charge in [0.15, 0.2) is 0 Å². The summed E-state index contributed by atoms with van der Waals surface area (Å²) < 4.78 is 5.33. The van der Waals surface area contributed by atoms with Crippen LogP contribution >= 0.6 is 11.6 Å². The molecule has 0 saturated carbocycles. The van der Waals surface area contributed by atoms with Gasteiger partial charge in [-0.2, -0.15) is 0 Å². The van der Waals surface area contributed by atoms with Gasteiger partial charge < -0.3 is 10.1 Å². The summed E-state index contributed by atoms with van der Waals surface area (Å²) in [6.07, 6.45) is 2.29. The van der Waals surface area contributed by atoms with E-state index in [4.69, 9.17) is 16.3 Å². The molecule has 1 aliphatic heterocycles. The number of methoxy groups -OCH3 is 1. The molecule has 1 heterocycles. The quantitative estimate of drug-likeness (QED) is 0.770. The van der Waals surface area contributed by atoms with Crippen molar-refractivity contribution in [1.29, 1.82) is 0 Å². The van der Waals surface area contributed by atoms with Gasteiger partial charge in [-0.15, -0.1) is 0 Å². The molecule has 1 N–H and O–H groups in total. The molecule has 76 valence electrons. The summed E-state index contributed by atoms with van der Waals surface area (Å²) in [5.41, 5.74) is 2.58. The second-order valence-electron chi connectivity index (χ2n) is 3.50. The molecule has 1 aromatic rings. The summed E-state index contributed by atoms with van der Waals surface area (Å²) in [6.45, 7) is 1.93. The van der Waals surface area contributed by atoms with E-state index in [9.17, 15) is 0 Å². The Morgan fingerprint density at radius 2 is 2.29 bits per heavy atom. The maximum Gasteiger partial charge on any atom is 0.142 e. The van der Waals surface area contributed by atoms with Crippen LogP contribution in [0.1, 0.15) is 17.5 Å². The molecule has 0 saturated heterocycles. The van der Waals surface area contributed by atoms with Crippen LogP contribution in [-0.4, -0.2) is 13.7 Å². The van der Waals surface area contributed by atoms with E-state index in [1.807, 2.05) is 6.07 Å². The highest BCUT2D eigenvalue weighted by Crippen LogP contribution is 2.32. The third kappa shape index (κ3) is 1.72. The van der Waals surface area contributed by atoms with Gasteiger partial charge in [0, 0.05) is 12.1 Å². The summed E-state index contributed by atoms with van der Waals surface area (Å²) in [7, 11) is 1.67. The van der Waals surface area contributed by atoms with Gasteiger partial charge >= 0.3 is 0 Å². The number of benzene rings is 1. The molecule has 0 aliphatic carbocycles. The maximum atomic E-state index is 6.06. The van der Waals surface area contributed by atoms with Crippen molar-refractivity contribution in [2.75, 3.05) is 13.7 Å². The molecule has 0 fully saturated rings. The van der Waals surface area contributed by atoms with Crippen LogP contribution in [0.2, 0.25) is 5.02 Å². The molecule has 0 aromatic heterocycles. The third-order valence-electron chi connectivity index (χ3n) is 2.62. The van der Waals surface area contributed by atoms with Crippen molar-refractivity contribution in [2.24, 2.45) is 0 Å². The Labute approximate surface area is 89.2 Å². The van der Waals surface area contributed by atoms with Crippen LogP contribution in [0.15, 0.2) is 12.1 Å². The van der Waals surface area contributed by atoms with E-state index >= 15 is 0 Å². The largest absolute Gasteiger partial charge is 0.495 e. The first-order chi connectivity index (χ1) is 6.83. The van der Waals surface area contributed by atoms with Gasteiger partial charge in [0.25, 0.3) is 0 Å². The predicted molar refractivity (Wildman–Crippen MR) is 58.0 cm³/mol. The summed E-state index contributed by atoms with van der Waals surface area (Å²) in [5, 5.41) is 4.07. The van der Waals surface area contributed by atoms with Crippen molar-refractivity contribution in [2.45, 2.75) is 19.4 Å². The van der Waals surface area contributed by atoms with E-state index in [-0.39, 0.29) is 0 Å². The minimum absolute atomic E-state index is 0.704. The minimum atomic E-state index is 0.704. The highest BCUT2D eigenvalue weighted by atomic mass is 35.5. The van der Waals surface area contributed by atoms with E-state index in [1.54, 1.807) is 7.11 Å². The zero-order valence-electron chi connectivity index (χ0n) is 8.27. The van der Waals surface area contributed by atoms with E-state index in [0.29, 0.717) is 5.02 Å². The fraction of sp³-hybridized carbons (Fsp3) is 0.455. The van der Waals surface area contributed by atoms with E-state index in [0.717, 1.165) is 25.3 Å². The average molecular weight is 212 g/mol. The van der Waals surface area contributed by atoms with Crippen LogP contribution in [0, 0.1) is 0 Å². The lowest BCUT2D eigenvalue weighted by atomic mass is 10.0. The molecule has 3 heteroatoms. The van der Waals surface area contributed by atoms with Gasteiger partial charge in [0.05, 0.1) is 12.1 Å². The Kier molecular flexibility index (Phi) is 2.94. The molecule has 0 amide bonds. The normalized spacial score (nSPS) is 15.9. The number of hydrogen-bond donors (Lipinski definition) is 1. The first kappa shape index (κ1) is 9.81. The van der Waals surface area contributed by atoms with E-state index in [2.05, 4.69) is 11.4 Å². The highest BCUT2D eigenvalue weighted by Gasteiger charge is 2.14. The number of aryl methyl sites for hydroxylation is 1. The highest BCUT2D eigenvalue weighted by molar-refractivity contribution is 6.32. The van der Waals surface area contributed by atoms with Crippen molar-refractivity contribution in [3.05, 3.63) is 28.3 Å². The summed E-state index contributed by atoms with van der Waals surface area (Å²) >= 11 is 6.06. The van der Waals surface area contributed by atoms with E-state index < -0.39 is 0 Å². The Morgan fingerprint density at radius 1 is 1.43 bits per heavy atom. The molecule has 2 rings (SSSR count). The lowest BCUT2D eigenvalue weighted by Crippen LogP contribution is -2.12. The number of nitrogens with one attached hydrogen (secondary N) is 1. The first-order valence-electron chi connectivity index (χ1n) is 4.88. The fourth-order valence-corrected chi connectivity index (χ4v) is 2.16. The zero-order chi connectivity index (χ0) is 9.97. The Balaban J connectivity index is 2.48. The lowest BCUT2D eigenvalue weighted by Gasteiger charge is -2.12. The van der Waals surface area contributed by atoms with Crippen LogP contribution in [-0.2, 0) is 13.0 Å². The topological polar surface area (TPSA) is 21.3 Å². The number of hydrogen-bond acceptors (Lipinski definition) is 2. The zero-order valence-corrected chi connectivity index (χ0v) is 9.03. The molecular formula is C11H14ClNO. The van der Waals surface area contributed by atoms with Gasteiger partial charge in [-0.25, -0.2) is 0 Å². The Bertz CT molecular complexity index is 338. The molecule has 1 aliphatic rings. The number of rotatable bonds is 1. The second-order valence-corrected chi connectivity index (χ2v) is 3.91. The molecule has 0 bridgehead atoms. The van der Waals surface area contributed by atoms with Crippen molar-refractivity contribution < 1.29 is 4.74 Å². The van der Waals surface area contributed by atoms with Gasteiger partial charge in [0.2, 0.25) is 0 Å². The summed E-state index contributed by atoms with van der Waals surface area (Å²) in [6, 6.07) is 4.03. The number of fused-ring (bicyclic) bond motifs is 1. The van der Waals surface area contributed by atoms with Gasteiger partial charge in [-0.05, 0) is 31.0 Å². The molecule has 0 radical (unpaired) electrons. The minimum Gasteiger partial charge on any atom is -0.495 e. The van der Waals surface area contributed by atoms with Gasteiger partial charge in [-0.3, -0.25) is 0 Å². The second kappa shape index (κ2) is 4.20. The van der Waals surface area contributed by atoms with Crippen molar-refractivity contribution in [3.63, 3.8) is 0 Å².